The molecule has 0 aliphatic carbocycles. The molecule has 0 radical (unpaired) electrons. The van der Waals surface area contributed by atoms with E-state index < -0.39 is 20.6 Å². The Bertz CT molecular complexity index is 1160. The minimum Gasteiger partial charge on any atom is -0.490 e. The van der Waals surface area contributed by atoms with Gasteiger partial charge >= 0.3 is 5.69 Å². The first-order valence-electron chi connectivity index (χ1n) is 8.49. The second kappa shape index (κ2) is 8.19. The fourth-order valence-corrected chi connectivity index (χ4v) is 3.72. The van der Waals surface area contributed by atoms with Crippen LogP contribution in [0.4, 0.5) is 11.4 Å². The number of rotatable bonds is 7. The lowest BCUT2D eigenvalue weighted by Crippen LogP contribution is -2.14. The third kappa shape index (κ3) is 4.64. The van der Waals surface area contributed by atoms with Gasteiger partial charge in [-0.1, -0.05) is 24.3 Å². The summed E-state index contributed by atoms with van der Waals surface area (Å²) in [5, 5.41) is 11.2. The van der Waals surface area contributed by atoms with Crippen LogP contribution in [0.1, 0.15) is 5.56 Å². The summed E-state index contributed by atoms with van der Waals surface area (Å²) in [6.07, 6.45) is 0. The van der Waals surface area contributed by atoms with Crippen molar-refractivity contribution < 1.29 is 22.8 Å². The largest absolute Gasteiger partial charge is 0.490 e. The van der Waals surface area contributed by atoms with Crippen molar-refractivity contribution in [2.24, 2.45) is 0 Å². The van der Waals surface area contributed by atoms with Gasteiger partial charge in [0.2, 0.25) is 0 Å². The lowest BCUT2D eigenvalue weighted by molar-refractivity contribution is -0.386. The van der Waals surface area contributed by atoms with Crippen LogP contribution >= 0.6 is 0 Å². The molecule has 8 nitrogen and oxygen atoms in total. The van der Waals surface area contributed by atoms with Crippen LogP contribution in [0.2, 0.25) is 0 Å². The summed E-state index contributed by atoms with van der Waals surface area (Å²) in [6.45, 7) is 1.91. The maximum Gasteiger partial charge on any atom is 0.312 e. The molecule has 3 aromatic rings. The van der Waals surface area contributed by atoms with E-state index in [1.54, 1.807) is 30.3 Å². The molecule has 9 heteroatoms. The quantitative estimate of drug-likeness (QED) is 0.450. The van der Waals surface area contributed by atoms with E-state index in [1.807, 2.05) is 25.1 Å². The van der Waals surface area contributed by atoms with E-state index in [-0.39, 0.29) is 16.3 Å². The number of hydrogen-bond acceptors (Lipinski definition) is 6. The van der Waals surface area contributed by atoms with Crippen LogP contribution in [0.3, 0.4) is 0 Å². The van der Waals surface area contributed by atoms with E-state index in [1.165, 1.54) is 19.2 Å². The predicted octanol–water partition coefficient (Wildman–Crippen LogP) is 4.50. The third-order valence-corrected chi connectivity index (χ3v) is 5.37. The molecule has 1 N–H and O–H groups in total. The Balaban J connectivity index is 1.94. The summed E-state index contributed by atoms with van der Waals surface area (Å²) >= 11 is 0. The van der Waals surface area contributed by atoms with Crippen molar-refractivity contribution in [3.63, 3.8) is 0 Å². The van der Waals surface area contributed by atoms with Gasteiger partial charge in [-0.2, -0.15) is 0 Å². The number of methoxy groups -OCH3 is 1. The number of para-hydroxylation sites is 2. The monoisotopic (exact) mass is 414 g/mol. The molecule has 0 heterocycles. The van der Waals surface area contributed by atoms with E-state index in [0.29, 0.717) is 11.5 Å². The summed E-state index contributed by atoms with van der Waals surface area (Å²) in [5.41, 5.74) is 0.748. The second-order valence-electron chi connectivity index (χ2n) is 6.11. The Morgan fingerprint density at radius 3 is 2.41 bits per heavy atom. The van der Waals surface area contributed by atoms with Crippen molar-refractivity contribution in [2.75, 3.05) is 11.8 Å². The standard InChI is InChI=1S/C20H18N2O6S/c1-14-6-5-7-15(12-14)28-19-9-4-3-8-17(19)21-29(25,26)16-10-11-20(27-2)18(13-16)22(23)24/h3-13,21H,1-2H3. The lowest BCUT2D eigenvalue weighted by atomic mass is 10.2. The molecule has 0 aliphatic rings. The zero-order chi connectivity index (χ0) is 21.0. The van der Waals surface area contributed by atoms with Gasteiger partial charge in [-0.25, -0.2) is 8.42 Å². The number of benzene rings is 3. The van der Waals surface area contributed by atoms with Crippen molar-refractivity contribution in [1.29, 1.82) is 0 Å². The zero-order valence-corrected chi connectivity index (χ0v) is 16.5. The molecule has 0 bridgehead atoms. The summed E-state index contributed by atoms with van der Waals surface area (Å²) in [5.74, 6) is 0.818. The normalized spacial score (nSPS) is 11.0. The molecule has 29 heavy (non-hydrogen) atoms. The van der Waals surface area contributed by atoms with Gasteiger partial charge in [-0.3, -0.25) is 14.8 Å². The van der Waals surface area contributed by atoms with E-state index in [9.17, 15) is 18.5 Å². The van der Waals surface area contributed by atoms with Crippen LogP contribution < -0.4 is 14.2 Å². The fourth-order valence-electron chi connectivity index (χ4n) is 2.63. The van der Waals surface area contributed by atoms with Gasteiger partial charge in [0.05, 0.1) is 22.6 Å². The minimum atomic E-state index is -4.11. The van der Waals surface area contributed by atoms with Gasteiger partial charge in [0, 0.05) is 6.07 Å². The van der Waals surface area contributed by atoms with Crippen LogP contribution in [-0.2, 0) is 10.0 Å². The number of nitrogens with zero attached hydrogens (tertiary/aromatic N) is 1. The Kier molecular flexibility index (Phi) is 5.69. The molecule has 0 spiro atoms. The lowest BCUT2D eigenvalue weighted by Gasteiger charge is -2.14. The van der Waals surface area contributed by atoms with Crippen molar-refractivity contribution in [1.82, 2.24) is 0 Å². The molecule has 0 aliphatic heterocycles. The van der Waals surface area contributed by atoms with Crippen molar-refractivity contribution >= 4 is 21.4 Å². The maximum absolute atomic E-state index is 12.8. The highest BCUT2D eigenvalue weighted by molar-refractivity contribution is 7.92. The van der Waals surface area contributed by atoms with Crippen LogP contribution in [-0.4, -0.2) is 20.5 Å². The van der Waals surface area contributed by atoms with E-state index in [0.717, 1.165) is 11.6 Å². The van der Waals surface area contributed by atoms with Crippen molar-refractivity contribution in [3.8, 4) is 17.2 Å². The van der Waals surface area contributed by atoms with Crippen LogP contribution in [0.5, 0.6) is 17.2 Å². The van der Waals surface area contributed by atoms with Gasteiger partial charge in [-0.05, 0) is 48.9 Å². The molecule has 3 rings (SSSR count). The molecule has 0 atom stereocenters. The fraction of sp³-hybridized carbons (Fsp3) is 0.100. The van der Waals surface area contributed by atoms with E-state index in [2.05, 4.69) is 4.72 Å². The first-order chi connectivity index (χ1) is 13.8. The SMILES string of the molecule is COc1ccc(S(=O)(=O)Nc2ccccc2Oc2cccc(C)c2)cc1[N+](=O)[O-]. The summed E-state index contributed by atoms with van der Waals surface area (Å²) in [7, 11) is -2.84. The third-order valence-electron chi connectivity index (χ3n) is 4.01. The van der Waals surface area contributed by atoms with Crippen LogP contribution in [0.25, 0.3) is 0 Å². The molecule has 0 amide bonds. The summed E-state index contributed by atoms with van der Waals surface area (Å²) in [6, 6.07) is 17.3. The van der Waals surface area contributed by atoms with E-state index >= 15 is 0 Å². The maximum atomic E-state index is 12.8. The first-order valence-corrected chi connectivity index (χ1v) is 9.97. The Labute approximate surface area is 167 Å². The molecule has 0 fully saturated rings. The van der Waals surface area contributed by atoms with Gasteiger partial charge in [0.1, 0.15) is 5.75 Å². The second-order valence-corrected chi connectivity index (χ2v) is 7.79. The average Bonchev–Trinajstić information content (AvgIpc) is 2.68. The number of hydrogen-bond donors (Lipinski definition) is 1. The summed E-state index contributed by atoms with van der Waals surface area (Å²) < 4.78 is 38.8. The first kappa shape index (κ1) is 20.2. The highest BCUT2D eigenvalue weighted by Crippen LogP contribution is 2.33. The van der Waals surface area contributed by atoms with Crippen LogP contribution in [0.15, 0.2) is 71.6 Å². The Morgan fingerprint density at radius 1 is 0.966 bits per heavy atom. The highest BCUT2D eigenvalue weighted by Gasteiger charge is 2.23. The molecule has 0 saturated carbocycles. The van der Waals surface area contributed by atoms with Crippen molar-refractivity contribution in [3.05, 3.63) is 82.4 Å². The van der Waals surface area contributed by atoms with Gasteiger partial charge in [-0.15, -0.1) is 0 Å². The molecular weight excluding hydrogens is 396 g/mol. The minimum absolute atomic E-state index is 0.0304. The molecular formula is C20H18N2O6S. The smallest absolute Gasteiger partial charge is 0.312 e. The molecule has 3 aromatic carbocycles. The summed E-state index contributed by atoms with van der Waals surface area (Å²) in [4.78, 5) is 10.2. The molecule has 0 unspecified atom stereocenters. The molecule has 150 valence electrons. The predicted molar refractivity (Wildman–Crippen MR) is 108 cm³/mol. The Morgan fingerprint density at radius 2 is 1.72 bits per heavy atom. The number of aryl methyl sites for hydroxylation is 1. The number of nitro benzene ring substituents is 1. The number of nitro groups is 1. The highest BCUT2D eigenvalue weighted by atomic mass is 32.2. The number of nitrogens with one attached hydrogen (secondary N) is 1. The molecule has 0 aromatic heterocycles. The zero-order valence-electron chi connectivity index (χ0n) is 15.7. The number of anilines is 1. The van der Waals surface area contributed by atoms with E-state index in [4.69, 9.17) is 9.47 Å². The Hall–Kier alpha value is -3.59. The topological polar surface area (TPSA) is 108 Å². The van der Waals surface area contributed by atoms with Gasteiger partial charge in [0.25, 0.3) is 10.0 Å². The number of sulfonamides is 1. The average molecular weight is 414 g/mol. The van der Waals surface area contributed by atoms with Crippen LogP contribution in [0, 0.1) is 17.0 Å². The van der Waals surface area contributed by atoms with Crippen molar-refractivity contribution in [2.45, 2.75) is 11.8 Å². The van der Waals surface area contributed by atoms with Gasteiger partial charge < -0.3 is 9.47 Å². The number of ether oxygens (including phenoxy) is 2. The molecule has 0 saturated heterocycles. The van der Waals surface area contributed by atoms with Gasteiger partial charge in [0.15, 0.2) is 11.5 Å².